The van der Waals surface area contributed by atoms with E-state index in [1.54, 1.807) is 0 Å². The first-order chi connectivity index (χ1) is 3.83. The minimum absolute atomic E-state index is 0.190. The van der Waals surface area contributed by atoms with Crippen molar-refractivity contribution in [3.63, 3.8) is 0 Å². The first-order valence-corrected chi connectivity index (χ1v) is 2.16. The van der Waals surface area contributed by atoms with Gasteiger partial charge in [-0.25, -0.2) is 0 Å². The first kappa shape index (κ1) is 4.90. The fourth-order valence-corrected chi connectivity index (χ4v) is 0.466. The second kappa shape index (κ2) is 1.69. The average molecular weight is 111 g/mol. The van der Waals surface area contributed by atoms with Gasteiger partial charge in [0.2, 0.25) is 5.91 Å². The molecule has 0 fully saturated rings. The van der Waals surface area contributed by atoms with Crippen LogP contribution in [-0.2, 0) is 4.79 Å². The summed E-state index contributed by atoms with van der Waals surface area (Å²) in [6, 6.07) is 0. The number of nitrogens with one attached hydrogen (secondary N) is 1. The Hall–Kier alpha value is -1.25. The third kappa shape index (κ3) is 0.703. The van der Waals surface area contributed by atoms with Crippen molar-refractivity contribution in [1.82, 2.24) is 5.32 Å². The van der Waals surface area contributed by atoms with E-state index >= 15 is 0 Å². The molecule has 1 rings (SSSR count). The number of rotatable bonds is 0. The lowest BCUT2D eigenvalue weighted by Gasteiger charge is -1.88. The quantitative estimate of drug-likeness (QED) is 0.434. The van der Waals surface area contributed by atoms with Crippen LogP contribution in [0.2, 0.25) is 0 Å². The van der Waals surface area contributed by atoms with Gasteiger partial charge in [0, 0.05) is 6.08 Å². The Balaban J connectivity index is 2.73. The van der Waals surface area contributed by atoms with Gasteiger partial charge in [-0.2, -0.15) is 0 Å². The molecule has 3 heteroatoms. The van der Waals surface area contributed by atoms with Gasteiger partial charge in [-0.3, -0.25) is 4.79 Å². The highest BCUT2D eigenvalue weighted by atomic mass is 16.2. The van der Waals surface area contributed by atoms with Crippen molar-refractivity contribution in [2.24, 2.45) is 0 Å². The zero-order valence-electron chi connectivity index (χ0n) is 4.09. The van der Waals surface area contributed by atoms with E-state index in [1.807, 2.05) is 0 Å². The third-order valence-corrected chi connectivity index (χ3v) is 0.821. The van der Waals surface area contributed by atoms with Crippen LogP contribution in [0, 0.1) is 0 Å². The number of hydrogen-bond donors (Lipinski definition) is 2. The number of aliphatic hydroxyl groups is 1. The van der Waals surface area contributed by atoms with Crippen LogP contribution in [-0.4, -0.2) is 11.0 Å². The maximum atomic E-state index is 10.3. The van der Waals surface area contributed by atoms with E-state index < -0.39 is 0 Å². The van der Waals surface area contributed by atoms with Crippen LogP contribution in [0.25, 0.3) is 0 Å². The van der Waals surface area contributed by atoms with Crippen molar-refractivity contribution < 1.29 is 9.90 Å². The lowest BCUT2D eigenvalue weighted by molar-refractivity contribution is -0.115. The molecule has 42 valence electrons. The number of aliphatic hydroxyl groups excluding tert-OH is 1. The summed E-state index contributed by atoms with van der Waals surface area (Å²) in [5.41, 5.74) is 0.440. The molecule has 1 aliphatic heterocycles. The van der Waals surface area contributed by atoms with Crippen molar-refractivity contribution in [3.05, 3.63) is 24.1 Å². The van der Waals surface area contributed by atoms with Crippen LogP contribution < -0.4 is 5.32 Å². The Morgan fingerprint density at radius 2 is 2.38 bits per heavy atom. The van der Waals surface area contributed by atoms with Gasteiger partial charge in [-0.1, -0.05) is 0 Å². The van der Waals surface area contributed by atoms with Crippen LogP contribution in [0.1, 0.15) is 0 Å². The zero-order chi connectivity index (χ0) is 5.98. The Kier molecular flexibility index (Phi) is 1.04. The lowest BCUT2D eigenvalue weighted by atomic mass is 10.5. The molecule has 0 aromatic heterocycles. The number of carbonyl (C=O) groups excluding carboxylic acids is 1. The van der Waals surface area contributed by atoms with Gasteiger partial charge in [0.1, 0.15) is 6.26 Å². The van der Waals surface area contributed by atoms with Crippen LogP contribution in [0.15, 0.2) is 24.1 Å². The molecule has 0 spiro atoms. The molecule has 1 heterocycles. The van der Waals surface area contributed by atoms with E-state index in [4.69, 9.17) is 5.11 Å². The number of allylic oxidation sites excluding steroid dienone is 1. The SMILES string of the molecule is O=C1C=C/C(=C\O)N1. The molecule has 0 radical (unpaired) electrons. The molecule has 0 aromatic rings. The predicted octanol–water partition coefficient (Wildman–Crippen LogP) is 0.0718. The average Bonchev–Trinajstić information content (AvgIpc) is 2.14. The number of carbonyl (C=O) groups is 1. The molecule has 0 saturated carbocycles. The molecule has 1 aliphatic rings. The summed E-state index contributed by atoms with van der Waals surface area (Å²) in [7, 11) is 0. The highest BCUT2D eigenvalue weighted by Crippen LogP contribution is 1.96. The summed E-state index contributed by atoms with van der Waals surface area (Å²) in [6.07, 6.45) is 3.70. The van der Waals surface area contributed by atoms with Crippen molar-refractivity contribution >= 4 is 5.91 Å². The predicted molar refractivity (Wildman–Crippen MR) is 28.0 cm³/mol. The Bertz CT molecular complexity index is 169. The van der Waals surface area contributed by atoms with Crippen LogP contribution in [0.3, 0.4) is 0 Å². The van der Waals surface area contributed by atoms with Gasteiger partial charge < -0.3 is 10.4 Å². The Morgan fingerprint density at radius 3 is 2.62 bits per heavy atom. The molecule has 0 bridgehead atoms. The molecule has 1 amide bonds. The molecule has 0 atom stereocenters. The van der Waals surface area contributed by atoms with Gasteiger partial charge in [0.15, 0.2) is 0 Å². The maximum absolute atomic E-state index is 10.3. The van der Waals surface area contributed by atoms with Crippen LogP contribution >= 0.6 is 0 Å². The minimum atomic E-state index is -0.190. The van der Waals surface area contributed by atoms with E-state index in [0.717, 1.165) is 6.26 Å². The standard InChI is InChI=1S/C5H5NO2/c7-3-4-1-2-5(8)6-4/h1-3,7H,(H,6,8)/b4-3+. The smallest absolute Gasteiger partial charge is 0.248 e. The highest BCUT2D eigenvalue weighted by Gasteiger charge is 2.04. The van der Waals surface area contributed by atoms with E-state index in [2.05, 4.69) is 5.32 Å². The van der Waals surface area contributed by atoms with Crippen molar-refractivity contribution in [1.29, 1.82) is 0 Å². The van der Waals surface area contributed by atoms with Gasteiger partial charge in [0.05, 0.1) is 5.70 Å². The molecule has 0 aromatic carbocycles. The third-order valence-electron chi connectivity index (χ3n) is 0.821. The van der Waals surface area contributed by atoms with Gasteiger partial charge >= 0.3 is 0 Å². The van der Waals surface area contributed by atoms with Crippen molar-refractivity contribution in [2.45, 2.75) is 0 Å². The Morgan fingerprint density at radius 1 is 1.62 bits per heavy atom. The van der Waals surface area contributed by atoms with Crippen LogP contribution in [0.4, 0.5) is 0 Å². The van der Waals surface area contributed by atoms with Gasteiger partial charge in [-0.05, 0) is 6.08 Å². The molecule has 0 saturated heterocycles. The van der Waals surface area contributed by atoms with E-state index in [0.29, 0.717) is 5.70 Å². The fourth-order valence-electron chi connectivity index (χ4n) is 0.466. The highest BCUT2D eigenvalue weighted by molar-refractivity contribution is 5.92. The second-order valence-corrected chi connectivity index (χ2v) is 1.41. The maximum Gasteiger partial charge on any atom is 0.248 e. The van der Waals surface area contributed by atoms with Crippen molar-refractivity contribution in [2.75, 3.05) is 0 Å². The summed E-state index contributed by atoms with van der Waals surface area (Å²) < 4.78 is 0. The normalized spacial score (nSPS) is 22.0. The van der Waals surface area contributed by atoms with E-state index in [-0.39, 0.29) is 5.91 Å². The molecule has 3 nitrogen and oxygen atoms in total. The summed E-state index contributed by atoms with van der Waals surface area (Å²) in [5.74, 6) is -0.190. The zero-order valence-corrected chi connectivity index (χ0v) is 4.09. The molecular formula is C5H5NO2. The fraction of sp³-hybridized carbons (Fsp3) is 0. The van der Waals surface area contributed by atoms with Crippen LogP contribution in [0.5, 0.6) is 0 Å². The largest absolute Gasteiger partial charge is 0.513 e. The van der Waals surface area contributed by atoms with Crippen molar-refractivity contribution in [3.8, 4) is 0 Å². The van der Waals surface area contributed by atoms with Gasteiger partial charge in [-0.15, -0.1) is 0 Å². The monoisotopic (exact) mass is 111 g/mol. The topological polar surface area (TPSA) is 49.3 Å². The number of amides is 1. The molecule has 2 N–H and O–H groups in total. The summed E-state index contributed by atoms with van der Waals surface area (Å²) >= 11 is 0. The second-order valence-electron chi connectivity index (χ2n) is 1.41. The summed E-state index contributed by atoms with van der Waals surface area (Å²) in [4.78, 5) is 10.3. The first-order valence-electron chi connectivity index (χ1n) is 2.16. The number of hydrogen-bond acceptors (Lipinski definition) is 2. The Labute approximate surface area is 46.3 Å². The summed E-state index contributed by atoms with van der Waals surface area (Å²) in [6.45, 7) is 0. The van der Waals surface area contributed by atoms with E-state index in [9.17, 15) is 4.79 Å². The summed E-state index contributed by atoms with van der Waals surface area (Å²) in [5, 5.41) is 10.6. The molecule has 0 unspecified atom stereocenters. The van der Waals surface area contributed by atoms with Gasteiger partial charge in [0.25, 0.3) is 0 Å². The molecule has 0 aliphatic carbocycles. The molecular weight excluding hydrogens is 106 g/mol. The van der Waals surface area contributed by atoms with E-state index in [1.165, 1.54) is 12.2 Å². The minimum Gasteiger partial charge on any atom is -0.513 e. The lowest BCUT2D eigenvalue weighted by Crippen LogP contribution is -2.12. The molecule has 8 heavy (non-hydrogen) atoms.